The van der Waals surface area contributed by atoms with Crippen molar-refractivity contribution in [1.82, 2.24) is 14.5 Å². The van der Waals surface area contributed by atoms with Crippen LogP contribution < -0.4 is 0 Å². The van der Waals surface area contributed by atoms with Gasteiger partial charge in [-0.05, 0) is 37.8 Å². The van der Waals surface area contributed by atoms with Crippen LogP contribution in [0.5, 0.6) is 0 Å². The molecule has 1 aliphatic carbocycles. The number of imidazole rings is 1. The van der Waals surface area contributed by atoms with Gasteiger partial charge in [0.2, 0.25) is 5.91 Å². The molecule has 2 aromatic rings. The molecule has 1 unspecified atom stereocenters. The van der Waals surface area contributed by atoms with E-state index in [9.17, 15) is 4.79 Å². The lowest BCUT2D eigenvalue weighted by Crippen LogP contribution is -2.43. The molecule has 0 bridgehead atoms. The minimum Gasteiger partial charge on any atom is -0.342 e. The first-order valence-corrected chi connectivity index (χ1v) is 9.44. The molecule has 2 heterocycles. The molecule has 1 amide bonds. The molecular formula is C20H27N3O. The van der Waals surface area contributed by atoms with Gasteiger partial charge in [-0.1, -0.05) is 31.4 Å². The van der Waals surface area contributed by atoms with Crippen LogP contribution in [0, 0.1) is 5.92 Å². The quantitative estimate of drug-likeness (QED) is 0.841. The highest BCUT2D eigenvalue weighted by Crippen LogP contribution is 2.31. The molecule has 1 saturated heterocycles. The second kappa shape index (κ2) is 6.58. The van der Waals surface area contributed by atoms with Crippen LogP contribution in [0.25, 0.3) is 11.0 Å². The van der Waals surface area contributed by atoms with Crippen molar-refractivity contribution in [2.45, 2.75) is 50.9 Å². The second-order valence-electron chi connectivity index (χ2n) is 7.48. The normalized spacial score (nSPS) is 22.9. The lowest BCUT2D eigenvalue weighted by molar-refractivity contribution is -0.137. The summed E-state index contributed by atoms with van der Waals surface area (Å²) in [6.45, 7) is 1.77. The Labute approximate surface area is 143 Å². The van der Waals surface area contributed by atoms with Gasteiger partial charge in [0.05, 0.1) is 11.0 Å². The number of carbonyl (C=O) groups excluding carboxylic acids is 1. The van der Waals surface area contributed by atoms with Crippen molar-refractivity contribution >= 4 is 16.9 Å². The van der Waals surface area contributed by atoms with Crippen LogP contribution in [0.15, 0.2) is 24.3 Å². The second-order valence-corrected chi connectivity index (χ2v) is 7.48. The summed E-state index contributed by atoms with van der Waals surface area (Å²) in [4.78, 5) is 19.9. The van der Waals surface area contributed by atoms with Gasteiger partial charge in [-0.3, -0.25) is 4.79 Å². The number of nitrogens with zero attached hydrogens (tertiary/aromatic N) is 3. The van der Waals surface area contributed by atoms with Gasteiger partial charge < -0.3 is 9.47 Å². The van der Waals surface area contributed by atoms with Crippen LogP contribution in [-0.4, -0.2) is 33.4 Å². The van der Waals surface area contributed by atoms with Crippen molar-refractivity contribution < 1.29 is 4.79 Å². The molecule has 4 rings (SSSR count). The van der Waals surface area contributed by atoms with Gasteiger partial charge in [0, 0.05) is 32.0 Å². The zero-order valence-electron chi connectivity index (χ0n) is 14.6. The van der Waals surface area contributed by atoms with E-state index in [2.05, 4.69) is 34.7 Å². The molecule has 1 atom stereocenters. The molecule has 1 aromatic carbocycles. The van der Waals surface area contributed by atoms with Crippen molar-refractivity contribution in [2.24, 2.45) is 13.0 Å². The van der Waals surface area contributed by atoms with Crippen LogP contribution in [0.1, 0.15) is 56.7 Å². The molecule has 1 aromatic heterocycles. The summed E-state index contributed by atoms with van der Waals surface area (Å²) in [6.07, 6.45) is 8.14. The van der Waals surface area contributed by atoms with Crippen molar-refractivity contribution in [3.05, 3.63) is 30.1 Å². The number of aryl methyl sites for hydroxylation is 1. The van der Waals surface area contributed by atoms with Gasteiger partial charge in [0.1, 0.15) is 5.82 Å². The molecule has 0 spiro atoms. The Bertz CT molecular complexity index is 730. The summed E-state index contributed by atoms with van der Waals surface area (Å²) in [5.74, 6) is 2.18. The van der Waals surface area contributed by atoms with E-state index in [1.165, 1.54) is 24.8 Å². The molecule has 24 heavy (non-hydrogen) atoms. The molecule has 4 nitrogen and oxygen atoms in total. The van der Waals surface area contributed by atoms with Gasteiger partial charge in [-0.25, -0.2) is 4.98 Å². The standard InChI is InChI=1S/C20H27N3O/c1-22-18-12-6-5-11-17(18)21-19(22)16-10-7-13-23(14-16)20(24)15-8-3-2-4-9-15/h5-6,11-12,15-16H,2-4,7-10,13-14H2,1H3. The van der Waals surface area contributed by atoms with Crippen molar-refractivity contribution in [1.29, 1.82) is 0 Å². The van der Waals surface area contributed by atoms with Crippen molar-refractivity contribution in [3.8, 4) is 0 Å². The molecule has 0 radical (unpaired) electrons. The topological polar surface area (TPSA) is 38.1 Å². The summed E-state index contributed by atoms with van der Waals surface area (Å²) in [5.41, 5.74) is 2.24. The van der Waals surface area contributed by atoms with Crippen LogP contribution in [0.3, 0.4) is 0 Å². The van der Waals surface area contributed by atoms with Gasteiger partial charge in [0.25, 0.3) is 0 Å². The largest absolute Gasteiger partial charge is 0.342 e. The predicted octanol–water partition coefficient (Wildman–Crippen LogP) is 3.86. The van der Waals surface area contributed by atoms with E-state index in [-0.39, 0.29) is 5.92 Å². The number of hydrogen-bond acceptors (Lipinski definition) is 2. The van der Waals surface area contributed by atoms with E-state index < -0.39 is 0 Å². The number of hydrogen-bond donors (Lipinski definition) is 0. The van der Waals surface area contributed by atoms with Crippen molar-refractivity contribution in [2.75, 3.05) is 13.1 Å². The summed E-state index contributed by atoms with van der Waals surface area (Å²) >= 11 is 0. The number of benzene rings is 1. The summed E-state index contributed by atoms with van der Waals surface area (Å²) in [7, 11) is 2.10. The third-order valence-electron chi connectivity index (χ3n) is 5.87. The van der Waals surface area contributed by atoms with E-state index in [1.54, 1.807) is 0 Å². The number of para-hydroxylation sites is 2. The number of carbonyl (C=O) groups is 1. The molecule has 128 valence electrons. The number of amides is 1. The van der Waals surface area contributed by atoms with E-state index in [1.807, 2.05) is 6.07 Å². The van der Waals surface area contributed by atoms with Gasteiger partial charge >= 0.3 is 0 Å². The van der Waals surface area contributed by atoms with E-state index in [0.29, 0.717) is 11.8 Å². The highest BCUT2D eigenvalue weighted by atomic mass is 16.2. The molecule has 4 heteroatoms. The highest BCUT2D eigenvalue weighted by molar-refractivity contribution is 5.79. The average molecular weight is 325 g/mol. The fourth-order valence-corrected chi connectivity index (χ4v) is 4.53. The monoisotopic (exact) mass is 325 g/mol. The fraction of sp³-hybridized carbons (Fsp3) is 0.600. The smallest absolute Gasteiger partial charge is 0.225 e. The Balaban J connectivity index is 1.53. The number of likely N-dealkylation sites (tertiary alicyclic amines) is 1. The average Bonchev–Trinajstić information content (AvgIpc) is 2.99. The van der Waals surface area contributed by atoms with E-state index >= 15 is 0 Å². The molecular weight excluding hydrogens is 298 g/mol. The first-order chi connectivity index (χ1) is 11.7. The Morgan fingerprint density at radius 1 is 1.08 bits per heavy atom. The lowest BCUT2D eigenvalue weighted by Gasteiger charge is -2.35. The minimum absolute atomic E-state index is 0.276. The van der Waals surface area contributed by atoms with Crippen LogP contribution in [-0.2, 0) is 11.8 Å². The first-order valence-electron chi connectivity index (χ1n) is 9.44. The van der Waals surface area contributed by atoms with E-state index in [4.69, 9.17) is 4.98 Å². The number of piperidine rings is 1. The Morgan fingerprint density at radius 3 is 2.67 bits per heavy atom. The minimum atomic E-state index is 0.276. The van der Waals surface area contributed by atoms with Gasteiger partial charge in [-0.2, -0.15) is 0 Å². The van der Waals surface area contributed by atoms with Crippen LogP contribution in [0.4, 0.5) is 0 Å². The Morgan fingerprint density at radius 2 is 1.88 bits per heavy atom. The van der Waals surface area contributed by atoms with Gasteiger partial charge in [-0.15, -0.1) is 0 Å². The van der Waals surface area contributed by atoms with Crippen LogP contribution in [0.2, 0.25) is 0 Å². The SMILES string of the molecule is Cn1c(C2CCCN(C(=O)C3CCCCC3)C2)nc2ccccc21. The van der Waals surface area contributed by atoms with Crippen LogP contribution >= 0.6 is 0 Å². The number of fused-ring (bicyclic) bond motifs is 1. The summed E-state index contributed by atoms with van der Waals surface area (Å²) in [5, 5.41) is 0. The maximum Gasteiger partial charge on any atom is 0.225 e. The molecule has 1 saturated carbocycles. The third-order valence-corrected chi connectivity index (χ3v) is 5.87. The van der Waals surface area contributed by atoms with E-state index in [0.717, 1.165) is 50.1 Å². The maximum atomic E-state index is 12.9. The summed E-state index contributed by atoms with van der Waals surface area (Å²) < 4.78 is 2.22. The zero-order valence-corrected chi connectivity index (χ0v) is 14.6. The Hall–Kier alpha value is -1.84. The lowest BCUT2D eigenvalue weighted by atomic mass is 9.87. The zero-order chi connectivity index (χ0) is 16.5. The third kappa shape index (κ3) is 2.83. The maximum absolute atomic E-state index is 12.9. The first kappa shape index (κ1) is 15.7. The molecule has 2 fully saturated rings. The number of rotatable bonds is 2. The predicted molar refractivity (Wildman–Crippen MR) is 95.8 cm³/mol. The number of aromatic nitrogens is 2. The molecule has 0 N–H and O–H groups in total. The highest BCUT2D eigenvalue weighted by Gasteiger charge is 2.31. The summed E-state index contributed by atoms with van der Waals surface area (Å²) in [6, 6.07) is 8.30. The Kier molecular flexibility index (Phi) is 4.30. The molecule has 1 aliphatic heterocycles. The fourth-order valence-electron chi connectivity index (χ4n) is 4.53. The van der Waals surface area contributed by atoms with Gasteiger partial charge in [0.15, 0.2) is 0 Å². The van der Waals surface area contributed by atoms with Crippen molar-refractivity contribution in [3.63, 3.8) is 0 Å². The molecule has 2 aliphatic rings.